The molecule has 0 unspecified atom stereocenters. The molecule has 1 heterocycles. The third-order valence-corrected chi connectivity index (χ3v) is 14.6. The molecule has 0 aliphatic carbocycles. The van der Waals surface area contributed by atoms with Gasteiger partial charge in [-0.1, -0.05) is 0 Å². The van der Waals surface area contributed by atoms with E-state index in [0.717, 1.165) is 20.1 Å². The molecule has 203 valence electrons. The Balaban J connectivity index is 1.49. The SMILES string of the molecule is COc1c(I)ccc2oc(C(=O)Nc3ccc(-c4ccc(S(=O)(=O)[As][C@H](C(=O)O)C(C)C)cc4)cc3)c(C)c12. The minimum atomic E-state index is -3.67. The van der Waals surface area contributed by atoms with Gasteiger partial charge in [0.05, 0.1) is 16.1 Å². The number of carbonyl (C=O) groups excluding carboxylic acids is 1. The van der Waals surface area contributed by atoms with Gasteiger partial charge in [-0.05, 0) is 41.6 Å². The minimum Gasteiger partial charge on any atom is -0.0350 e. The molecule has 1 radical (unpaired) electrons. The van der Waals surface area contributed by atoms with E-state index < -0.39 is 33.4 Å². The molecule has 0 bridgehead atoms. The zero-order valence-electron chi connectivity index (χ0n) is 21.6. The normalized spacial score (nSPS) is 12.8. The second-order valence-corrected chi connectivity index (χ2v) is 17.5. The van der Waals surface area contributed by atoms with Crippen LogP contribution in [-0.4, -0.2) is 47.1 Å². The summed E-state index contributed by atoms with van der Waals surface area (Å²) in [5.41, 5.74) is 3.45. The van der Waals surface area contributed by atoms with Crippen LogP contribution in [0.25, 0.3) is 22.1 Å². The van der Waals surface area contributed by atoms with E-state index in [1.165, 1.54) is 12.1 Å². The van der Waals surface area contributed by atoms with Crippen molar-refractivity contribution >= 4 is 73.8 Å². The van der Waals surface area contributed by atoms with Crippen molar-refractivity contribution in [2.45, 2.75) is 30.4 Å². The van der Waals surface area contributed by atoms with Gasteiger partial charge in [0.2, 0.25) is 0 Å². The molecule has 39 heavy (non-hydrogen) atoms. The standard InChI is InChI=1S/C28H26AsINO7S/c1-15(2)24(28(33)34)29-39(35,36)20-11-7-18(8-12-20)17-5-9-19(10-6-17)31-27(32)25-16(3)23-22(38-25)14-13-21(30)26(23)37-4/h5-15,24H,1-4H3,(H,31,32)(H,33,34)/t24-/m0/s1. The largest absolute Gasteiger partial charge is 0.0672 e. The van der Waals surface area contributed by atoms with E-state index in [0.29, 0.717) is 22.6 Å². The average molecular weight is 722 g/mol. The third kappa shape index (κ3) is 6.18. The zero-order valence-corrected chi connectivity index (χ0v) is 26.4. The Morgan fingerprint density at radius 1 is 1.00 bits per heavy atom. The summed E-state index contributed by atoms with van der Waals surface area (Å²) >= 11 is 0.709. The van der Waals surface area contributed by atoms with Gasteiger partial charge in [0.15, 0.2) is 0 Å². The first-order valence-corrected chi connectivity index (χ1v) is 17.8. The zero-order chi connectivity index (χ0) is 28.5. The summed E-state index contributed by atoms with van der Waals surface area (Å²) in [4.78, 5) is 24.6. The van der Waals surface area contributed by atoms with Crippen LogP contribution in [0.15, 0.2) is 70.0 Å². The summed E-state index contributed by atoms with van der Waals surface area (Å²) in [6.07, 6.45) is 0. The van der Waals surface area contributed by atoms with Crippen molar-refractivity contribution < 1.29 is 32.3 Å². The summed E-state index contributed by atoms with van der Waals surface area (Å²) in [6.45, 7) is 5.25. The van der Waals surface area contributed by atoms with E-state index in [1.54, 1.807) is 45.2 Å². The van der Waals surface area contributed by atoms with Gasteiger partial charge < -0.3 is 9.15 Å². The molecular formula is C28H26AsINO7S. The fraction of sp³-hybridized carbons (Fsp3) is 0.214. The predicted molar refractivity (Wildman–Crippen MR) is 159 cm³/mol. The second-order valence-electron chi connectivity index (χ2n) is 9.17. The van der Waals surface area contributed by atoms with E-state index in [9.17, 15) is 23.1 Å². The van der Waals surface area contributed by atoms with Crippen LogP contribution in [0.1, 0.15) is 30.0 Å². The molecule has 4 aromatic rings. The van der Waals surface area contributed by atoms with Crippen molar-refractivity contribution in [1.82, 2.24) is 0 Å². The van der Waals surface area contributed by atoms with Crippen LogP contribution in [0, 0.1) is 16.4 Å². The quantitative estimate of drug-likeness (QED) is 0.156. The van der Waals surface area contributed by atoms with Crippen LogP contribution in [0.4, 0.5) is 5.69 Å². The van der Waals surface area contributed by atoms with Crippen LogP contribution in [0.3, 0.4) is 0 Å². The Kier molecular flexibility index (Phi) is 8.78. The molecule has 1 aromatic heterocycles. The van der Waals surface area contributed by atoms with Crippen molar-refractivity contribution in [3.05, 3.63) is 75.6 Å². The first-order valence-electron chi connectivity index (χ1n) is 11.9. The molecule has 1 amide bonds. The molecule has 11 heteroatoms. The maximum absolute atomic E-state index is 13.0. The molecule has 0 saturated heterocycles. The number of ether oxygens (including phenoxy) is 1. The van der Waals surface area contributed by atoms with Crippen LogP contribution in [0.5, 0.6) is 5.75 Å². The summed E-state index contributed by atoms with van der Waals surface area (Å²) in [5, 5.41) is 13.0. The van der Waals surface area contributed by atoms with Crippen LogP contribution in [-0.2, 0) is 12.9 Å². The number of hydrogen-bond acceptors (Lipinski definition) is 6. The summed E-state index contributed by atoms with van der Waals surface area (Å²) in [6, 6.07) is 17.2. The number of anilines is 1. The Bertz CT molecular complexity index is 1650. The number of aryl methyl sites for hydroxylation is 1. The van der Waals surface area contributed by atoms with E-state index in [2.05, 4.69) is 27.9 Å². The number of methoxy groups -OCH3 is 1. The maximum Gasteiger partial charge on any atom is 0.0672 e. The predicted octanol–water partition coefficient (Wildman–Crippen LogP) is 6.20. The summed E-state index contributed by atoms with van der Waals surface area (Å²) in [5.74, 6) is -0.858. The number of benzene rings is 3. The van der Waals surface area contributed by atoms with Gasteiger partial charge in [-0.3, -0.25) is 0 Å². The second kappa shape index (κ2) is 11.7. The molecule has 8 nitrogen and oxygen atoms in total. The molecule has 3 aromatic carbocycles. The van der Waals surface area contributed by atoms with Crippen molar-refractivity contribution in [2.75, 3.05) is 12.4 Å². The smallest absolute Gasteiger partial charge is 0.0350 e. The maximum atomic E-state index is 13.0. The third-order valence-electron chi connectivity index (χ3n) is 6.17. The number of furan rings is 1. The van der Waals surface area contributed by atoms with E-state index in [4.69, 9.17) is 9.15 Å². The molecular weight excluding hydrogens is 696 g/mol. The number of carboxylic acids is 1. The van der Waals surface area contributed by atoms with Gasteiger partial charge in [-0.25, -0.2) is 0 Å². The van der Waals surface area contributed by atoms with Gasteiger partial charge in [-0.2, -0.15) is 0 Å². The van der Waals surface area contributed by atoms with E-state index in [1.807, 2.05) is 31.2 Å². The fourth-order valence-electron chi connectivity index (χ4n) is 4.11. The molecule has 0 fully saturated rings. The number of hydrogen-bond donors (Lipinski definition) is 2. The number of carboxylic acid groups (broad SMARTS) is 1. The number of nitrogens with one attached hydrogen (secondary N) is 1. The molecule has 1 atom stereocenters. The monoisotopic (exact) mass is 722 g/mol. The van der Waals surface area contributed by atoms with Crippen LogP contribution in [0.2, 0.25) is 4.71 Å². The van der Waals surface area contributed by atoms with Crippen LogP contribution < -0.4 is 10.1 Å². The van der Waals surface area contributed by atoms with Crippen molar-refractivity contribution in [3.63, 3.8) is 0 Å². The molecule has 0 saturated carbocycles. The number of fused-ring (bicyclic) bond motifs is 1. The minimum absolute atomic E-state index is 0.120. The van der Waals surface area contributed by atoms with Crippen molar-refractivity contribution in [3.8, 4) is 16.9 Å². The van der Waals surface area contributed by atoms with Crippen LogP contribution >= 0.6 is 22.6 Å². The van der Waals surface area contributed by atoms with Gasteiger partial charge in [-0.15, -0.1) is 0 Å². The Morgan fingerprint density at radius 3 is 2.13 bits per heavy atom. The van der Waals surface area contributed by atoms with Gasteiger partial charge in [0.25, 0.3) is 0 Å². The Labute approximate surface area is 245 Å². The van der Waals surface area contributed by atoms with Crippen molar-refractivity contribution in [1.29, 1.82) is 0 Å². The van der Waals surface area contributed by atoms with Crippen molar-refractivity contribution in [2.24, 2.45) is 5.92 Å². The molecule has 0 spiro atoms. The molecule has 0 aliphatic heterocycles. The van der Waals surface area contributed by atoms with Gasteiger partial charge in [0, 0.05) is 5.56 Å². The summed E-state index contributed by atoms with van der Waals surface area (Å²) in [7, 11) is -2.08. The molecule has 0 aliphatic rings. The number of aliphatic carboxylic acids is 1. The number of rotatable bonds is 9. The van der Waals surface area contributed by atoms with E-state index >= 15 is 0 Å². The topological polar surface area (TPSA) is 123 Å². The molecule has 4 rings (SSSR count). The number of carbonyl (C=O) groups is 2. The number of amides is 1. The van der Waals surface area contributed by atoms with Gasteiger partial charge in [0.1, 0.15) is 11.3 Å². The Morgan fingerprint density at radius 2 is 1.59 bits per heavy atom. The first-order chi connectivity index (χ1) is 18.4. The summed E-state index contributed by atoms with van der Waals surface area (Å²) < 4.78 is 37.0. The van der Waals surface area contributed by atoms with Gasteiger partial charge >= 0.3 is 163 Å². The Hall–Kier alpha value is -2.82. The first kappa shape index (κ1) is 29.2. The number of halogens is 1. The molecule has 2 N–H and O–H groups in total. The van der Waals surface area contributed by atoms with E-state index in [-0.39, 0.29) is 22.5 Å². The fourth-order valence-corrected chi connectivity index (χ4v) is 11.5. The average Bonchev–Trinajstić information content (AvgIpc) is 3.24.